The molecule has 0 unspecified atom stereocenters. The molecule has 6 nitrogen and oxygen atoms in total. The minimum atomic E-state index is -1.17. The predicted molar refractivity (Wildman–Crippen MR) is 77.0 cm³/mol. The summed E-state index contributed by atoms with van der Waals surface area (Å²) in [7, 11) is 0. The summed E-state index contributed by atoms with van der Waals surface area (Å²) in [5.41, 5.74) is -0.795. The molecule has 0 saturated carbocycles. The third-order valence-electron chi connectivity index (χ3n) is 3.74. The summed E-state index contributed by atoms with van der Waals surface area (Å²) in [6, 6.07) is 4.84. The molecule has 0 spiro atoms. The number of fused-ring (bicyclic) bond motifs is 1. The second kappa shape index (κ2) is 5.48. The van der Waals surface area contributed by atoms with Crippen molar-refractivity contribution >= 4 is 23.6 Å². The fraction of sp³-hybridized carbons (Fsp3) is 0.429. The monoisotopic (exact) mass is 309 g/mol. The van der Waals surface area contributed by atoms with Gasteiger partial charge in [0.15, 0.2) is 11.5 Å². The number of amides is 1. The average Bonchev–Trinajstić information content (AvgIpc) is 2.95. The standard InChI is InChI=1S/C14H15NO5S/c16-12(9-1-2-10-11(7-9)20-8-19-10)15-14(13(17)18)3-5-21-6-4-14/h1-2,7H,3-6,8H2,(H,15,16)(H,17,18). The quantitative estimate of drug-likeness (QED) is 0.880. The third-order valence-corrected chi connectivity index (χ3v) is 4.73. The zero-order valence-corrected chi connectivity index (χ0v) is 12.1. The first-order valence-corrected chi connectivity index (χ1v) is 7.79. The van der Waals surface area contributed by atoms with Crippen LogP contribution in [0.25, 0.3) is 0 Å². The second-order valence-electron chi connectivity index (χ2n) is 5.02. The van der Waals surface area contributed by atoms with Crippen molar-refractivity contribution in [2.45, 2.75) is 18.4 Å². The Kier molecular flexibility index (Phi) is 3.67. The van der Waals surface area contributed by atoms with Crippen LogP contribution in [0.4, 0.5) is 0 Å². The maximum absolute atomic E-state index is 12.3. The van der Waals surface area contributed by atoms with E-state index in [0.717, 1.165) is 11.5 Å². The number of carboxylic acids is 1. The summed E-state index contributed by atoms with van der Waals surface area (Å²) >= 11 is 1.70. The Bertz CT molecular complexity index is 583. The van der Waals surface area contributed by atoms with E-state index >= 15 is 0 Å². The highest BCUT2D eigenvalue weighted by Crippen LogP contribution is 2.33. The van der Waals surface area contributed by atoms with Crippen LogP contribution in [0.15, 0.2) is 18.2 Å². The van der Waals surface area contributed by atoms with Gasteiger partial charge in [0.1, 0.15) is 5.54 Å². The molecule has 1 saturated heterocycles. The van der Waals surface area contributed by atoms with Crippen LogP contribution in [0.2, 0.25) is 0 Å². The third kappa shape index (κ3) is 2.65. The molecule has 0 radical (unpaired) electrons. The van der Waals surface area contributed by atoms with Crippen molar-refractivity contribution in [3.05, 3.63) is 23.8 Å². The van der Waals surface area contributed by atoms with Gasteiger partial charge in [-0.2, -0.15) is 11.8 Å². The minimum Gasteiger partial charge on any atom is -0.480 e. The fourth-order valence-corrected chi connectivity index (χ4v) is 3.63. The lowest BCUT2D eigenvalue weighted by Crippen LogP contribution is -2.56. The summed E-state index contributed by atoms with van der Waals surface area (Å²) in [6.07, 6.45) is 0.868. The summed E-state index contributed by atoms with van der Waals surface area (Å²) in [4.78, 5) is 23.9. The molecule has 1 fully saturated rings. The van der Waals surface area contributed by atoms with Crippen molar-refractivity contribution in [2.24, 2.45) is 0 Å². The average molecular weight is 309 g/mol. The molecule has 1 aromatic rings. The van der Waals surface area contributed by atoms with E-state index in [2.05, 4.69) is 5.32 Å². The number of carbonyl (C=O) groups excluding carboxylic acids is 1. The van der Waals surface area contributed by atoms with Gasteiger partial charge in [-0.05, 0) is 42.5 Å². The van der Waals surface area contributed by atoms with Crippen LogP contribution in [-0.2, 0) is 4.79 Å². The molecule has 7 heteroatoms. The van der Waals surface area contributed by atoms with E-state index in [4.69, 9.17) is 9.47 Å². The van der Waals surface area contributed by atoms with Gasteiger partial charge in [-0.1, -0.05) is 0 Å². The van der Waals surface area contributed by atoms with Gasteiger partial charge in [-0.15, -0.1) is 0 Å². The number of aliphatic carboxylic acids is 1. The molecule has 2 aliphatic heterocycles. The number of hydrogen-bond acceptors (Lipinski definition) is 5. The molecule has 2 N–H and O–H groups in total. The van der Waals surface area contributed by atoms with Crippen molar-refractivity contribution in [3.8, 4) is 11.5 Å². The van der Waals surface area contributed by atoms with Gasteiger partial charge in [-0.3, -0.25) is 4.79 Å². The number of nitrogens with one attached hydrogen (secondary N) is 1. The smallest absolute Gasteiger partial charge is 0.329 e. The number of carboxylic acid groups (broad SMARTS) is 1. The van der Waals surface area contributed by atoms with Crippen LogP contribution >= 0.6 is 11.8 Å². The van der Waals surface area contributed by atoms with Crippen molar-refractivity contribution in [1.82, 2.24) is 5.32 Å². The molecule has 112 valence electrons. The van der Waals surface area contributed by atoms with Crippen LogP contribution in [0, 0.1) is 0 Å². The molecule has 2 heterocycles. The highest BCUT2D eigenvalue weighted by molar-refractivity contribution is 7.99. The van der Waals surface area contributed by atoms with Crippen LogP contribution in [-0.4, -0.2) is 40.8 Å². The lowest BCUT2D eigenvalue weighted by Gasteiger charge is -2.33. The van der Waals surface area contributed by atoms with E-state index in [0.29, 0.717) is 29.9 Å². The first-order valence-electron chi connectivity index (χ1n) is 6.64. The Morgan fingerprint density at radius 2 is 1.90 bits per heavy atom. The number of carbonyl (C=O) groups is 2. The van der Waals surface area contributed by atoms with E-state index in [1.807, 2.05) is 0 Å². The van der Waals surface area contributed by atoms with Crippen molar-refractivity contribution in [3.63, 3.8) is 0 Å². The van der Waals surface area contributed by atoms with Gasteiger partial charge in [0.05, 0.1) is 0 Å². The van der Waals surface area contributed by atoms with Gasteiger partial charge in [0.25, 0.3) is 5.91 Å². The maximum atomic E-state index is 12.3. The summed E-state index contributed by atoms with van der Waals surface area (Å²) in [6.45, 7) is 0.136. The summed E-state index contributed by atoms with van der Waals surface area (Å²) < 4.78 is 10.4. The van der Waals surface area contributed by atoms with Crippen LogP contribution in [0.5, 0.6) is 11.5 Å². The molecular formula is C14H15NO5S. The Morgan fingerprint density at radius 3 is 2.62 bits per heavy atom. The summed E-state index contributed by atoms with van der Waals surface area (Å²) in [5.74, 6) is 1.18. The second-order valence-corrected chi connectivity index (χ2v) is 6.25. The van der Waals surface area contributed by atoms with Crippen LogP contribution in [0.1, 0.15) is 23.2 Å². The largest absolute Gasteiger partial charge is 0.480 e. The van der Waals surface area contributed by atoms with Crippen molar-refractivity contribution in [1.29, 1.82) is 0 Å². The number of ether oxygens (including phenoxy) is 2. The first-order chi connectivity index (χ1) is 10.1. The number of benzene rings is 1. The molecule has 0 aromatic heterocycles. The zero-order chi connectivity index (χ0) is 14.9. The Hall–Kier alpha value is -1.89. The molecule has 0 aliphatic carbocycles. The molecule has 3 rings (SSSR count). The lowest BCUT2D eigenvalue weighted by atomic mass is 9.92. The first kappa shape index (κ1) is 14.1. The number of hydrogen-bond donors (Lipinski definition) is 2. The normalized spacial score (nSPS) is 19.0. The SMILES string of the molecule is O=C(NC1(C(=O)O)CCSCC1)c1ccc2c(c1)OCO2. The van der Waals surface area contributed by atoms with Gasteiger partial charge in [0.2, 0.25) is 6.79 Å². The molecule has 1 amide bonds. The highest BCUT2D eigenvalue weighted by atomic mass is 32.2. The number of rotatable bonds is 3. The van der Waals surface area contributed by atoms with Gasteiger partial charge >= 0.3 is 5.97 Å². The molecular weight excluding hydrogens is 294 g/mol. The van der Waals surface area contributed by atoms with Gasteiger partial charge < -0.3 is 19.9 Å². The van der Waals surface area contributed by atoms with E-state index < -0.39 is 17.4 Å². The number of thioether (sulfide) groups is 1. The van der Waals surface area contributed by atoms with Gasteiger partial charge in [0, 0.05) is 5.56 Å². The van der Waals surface area contributed by atoms with Crippen molar-refractivity contribution < 1.29 is 24.2 Å². The Labute approximate surface area is 125 Å². The topological polar surface area (TPSA) is 84.9 Å². The Balaban J connectivity index is 1.80. The predicted octanol–water partition coefficient (Wildman–Crippen LogP) is 1.50. The van der Waals surface area contributed by atoms with Crippen LogP contribution in [0.3, 0.4) is 0 Å². The molecule has 1 aromatic carbocycles. The molecule has 2 aliphatic rings. The van der Waals surface area contributed by atoms with Crippen LogP contribution < -0.4 is 14.8 Å². The minimum absolute atomic E-state index is 0.136. The lowest BCUT2D eigenvalue weighted by molar-refractivity contribution is -0.144. The zero-order valence-electron chi connectivity index (χ0n) is 11.3. The van der Waals surface area contributed by atoms with E-state index in [1.165, 1.54) is 0 Å². The molecule has 21 heavy (non-hydrogen) atoms. The van der Waals surface area contributed by atoms with E-state index in [1.54, 1.807) is 30.0 Å². The van der Waals surface area contributed by atoms with Gasteiger partial charge in [-0.25, -0.2) is 4.79 Å². The maximum Gasteiger partial charge on any atom is 0.329 e. The fourth-order valence-electron chi connectivity index (χ4n) is 2.44. The summed E-state index contributed by atoms with van der Waals surface area (Å²) in [5, 5.41) is 12.2. The highest BCUT2D eigenvalue weighted by Gasteiger charge is 2.41. The van der Waals surface area contributed by atoms with Crippen molar-refractivity contribution in [2.75, 3.05) is 18.3 Å². The van der Waals surface area contributed by atoms with E-state index in [9.17, 15) is 14.7 Å². The molecule has 0 atom stereocenters. The Morgan fingerprint density at radius 1 is 1.19 bits per heavy atom. The van der Waals surface area contributed by atoms with E-state index in [-0.39, 0.29) is 6.79 Å². The molecule has 0 bridgehead atoms.